The van der Waals surface area contributed by atoms with Gasteiger partial charge in [0.1, 0.15) is 0 Å². The van der Waals surface area contributed by atoms with E-state index in [1.165, 1.54) is 0 Å². The Labute approximate surface area is 135 Å². The molecule has 1 amide bonds. The van der Waals surface area contributed by atoms with Crippen molar-refractivity contribution in [3.8, 4) is 0 Å². The highest BCUT2D eigenvalue weighted by Gasteiger charge is 2.25. The van der Waals surface area contributed by atoms with Crippen molar-refractivity contribution >= 4 is 16.8 Å². The van der Waals surface area contributed by atoms with Gasteiger partial charge < -0.3 is 15.2 Å². The zero-order chi connectivity index (χ0) is 16.2. The summed E-state index contributed by atoms with van der Waals surface area (Å²) in [5.41, 5.74) is 6.91. The Morgan fingerprint density at radius 3 is 2.78 bits per heavy atom. The van der Waals surface area contributed by atoms with Crippen LogP contribution >= 0.6 is 0 Å². The standard InChI is InChI=1S/C17H23N3O3/c1-22-9-10-23-14-7-5-13(6-8-14)20-16-12(11-19-20)3-2-4-15(16)17(18)21/h2-4,11,13-14H,5-10H2,1H3,(H2,18,21). The molecular weight excluding hydrogens is 294 g/mol. The van der Waals surface area contributed by atoms with Crippen molar-refractivity contribution < 1.29 is 14.3 Å². The Morgan fingerprint density at radius 2 is 2.09 bits per heavy atom. The predicted molar refractivity (Wildman–Crippen MR) is 87.4 cm³/mol. The van der Waals surface area contributed by atoms with Crippen LogP contribution in [-0.2, 0) is 9.47 Å². The number of benzene rings is 1. The number of ether oxygens (including phenoxy) is 2. The van der Waals surface area contributed by atoms with Crippen LogP contribution in [0.5, 0.6) is 0 Å². The first kappa shape index (κ1) is 16.0. The summed E-state index contributed by atoms with van der Waals surface area (Å²) in [6, 6.07) is 5.86. The topological polar surface area (TPSA) is 79.4 Å². The first-order valence-electron chi connectivity index (χ1n) is 8.07. The number of hydrogen-bond donors (Lipinski definition) is 1. The third kappa shape index (κ3) is 3.38. The Bertz CT molecular complexity index is 675. The van der Waals surface area contributed by atoms with Crippen LogP contribution in [0.4, 0.5) is 0 Å². The maximum Gasteiger partial charge on any atom is 0.250 e. The molecule has 0 spiro atoms. The number of para-hydroxylation sites is 1. The first-order valence-corrected chi connectivity index (χ1v) is 8.07. The van der Waals surface area contributed by atoms with Crippen molar-refractivity contribution in [3.05, 3.63) is 30.0 Å². The van der Waals surface area contributed by atoms with Gasteiger partial charge in [-0.15, -0.1) is 0 Å². The lowest BCUT2D eigenvalue weighted by atomic mass is 9.92. The predicted octanol–water partition coefficient (Wildman–Crippen LogP) is 2.28. The average Bonchev–Trinajstić information content (AvgIpc) is 2.99. The van der Waals surface area contributed by atoms with Crippen LogP contribution in [0.3, 0.4) is 0 Å². The summed E-state index contributed by atoms with van der Waals surface area (Å²) >= 11 is 0. The summed E-state index contributed by atoms with van der Waals surface area (Å²) in [6.45, 7) is 1.27. The Hall–Kier alpha value is -1.92. The van der Waals surface area contributed by atoms with E-state index in [4.69, 9.17) is 15.2 Å². The van der Waals surface area contributed by atoms with Gasteiger partial charge in [-0.25, -0.2) is 0 Å². The number of fused-ring (bicyclic) bond motifs is 1. The highest BCUT2D eigenvalue weighted by Crippen LogP contribution is 2.32. The second-order valence-electron chi connectivity index (χ2n) is 5.99. The lowest BCUT2D eigenvalue weighted by molar-refractivity contribution is -0.00690. The van der Waals surface area contributed by atoms with Crippen molar-refractivity contribution in [3.63, 3.8) is 0 Å². The van der Waals surface area contributed by atoms with Crippen LogP contribution in [-0.4, -0.2) is 42.1 Å². The molecule has 1 heterocycles. The van der Waals surface area contributed by atoms with E-state index >= 15 is 0 Å². The van der Waals surface area contributed by atoms with Gasteiger partial charge in [-0.3, -0.25) is 9.48 Å². The second-order valence-corrected chi connectivity index (χ2v) is 5.99. The quantitative estimate of drug-likeness (QED) is 0.829. The summed E-state index contributed by atoms with van der Waals surface area (Å²) in [5.74, 6) is -0.408. The molecule has 0 bridgehead atoms. The van der Waals surface area contributed by atoms with Crippen LogP contribution < -0.4 is 5.73 Å². The molecule has 1 aliphatic carbocycles. The van der Waals surface area contributed by atoms with Crippen molar-refractivity contribution in [2.45, 2.75) is 37.8 Å². The lowest BCUT2D eigenvalue weighted by Crippen LogP contribution is -2.25. The van der Waals surface area contributed by atoms with Crippen molar-refractivity contribution in [2.24, 2.45) is 5.73 Å². The van der Waals surface area contributed by atoms with Crippen LogP contribution in [0.1, 0.15) is 42.1 Å². The molecule has 0 radical (unpaired) electrons. The van der Waals surface area contributed by atoms with Crippen molar-refractivity contribution in [1.29, 1.82) is 0 Å². The highest BCUT2D eigenvalue weighted by atomic mass is 16.5. The van der Waals surface area contributed by atoms with E-state index < -0.39 is 5.91 Å². The molecule has 0 atom stereocenters. The number of primary amides is 1. The number of carbonyl (C=O) groups is 1. The van der Waals surface area contributed by atoms with Crippen molar-refractivity contribution in [2.75, 3.05) is 20.3 Å². The maximum absolute atomic E-state index is 11.7. The van der Waals surface area contributed by atoms with Gasteiger partial charge in [-0.1, -0.05) is 12.1 Å². The fraction of sp³-hybridized carbons (Fsp3) is 0.529. The van der Waals surface area contributed by atoms with Gasteiger partial charge in [-0.2, -0.15) is 5.10 Å². The van der Waals surface area contributed by atoms with Crippen LogP contribution in [0.2, 0.25) is 0 Å². The number of amides is 1. The Balaban J connectivity index is 1.74. The van der Waals surface area contributed by atoms with Gasteiger partial charge in [0, 0.05) is 12.5 Å². The number of hydrogen-bond acceptors (Lipinski definition) is 4. The molecule has 1 aromatic carbocycles. The third-order valence-corrected chi connectivity index (χ3v) is 4.51. The number of rotatable bonds is 6. The number of nitrogens with two attached hydrogens (primary N) is 1. The fourth-order valence-corrected chi connectivity index (χ4v) is 3.33. The Morgan fingerprint density at radius 1 is 1.30 bits per heavy atom. The summed E-state index contributed by atoms with van der Waals surface area (Å²) in [5, 5.41) is 5.47. The zero-order valence-corrected chi connectivity index (χ0v) is 13.4. The van der Waals surface area contributed by atoms with Gasteiger partial charge in [0.15, 0.2) is 0 Å². The zero-order valence-electron chi connectivity index (χ0n) is 13.4. The monoisotopic (exact) mass is 317 g/mol. The fourth-order valence-electron chi connectivity index (χ4n) is 3.33. The molecule has 0 saturated heterocycles. The molecule has 3 rings (SSSR count). The molecule has 124 valence electrons. The normalized spacial score (nSPS) is 21.6. The molecule has 0 aliphatic heterocycles. The van der Waals surface area contributed by atoms with E-state index in [9.17, 15) is 4.79 Å². The molecule has 1 saturated carbocycles. The molecule has 2 aromatic rings. The minimum atomic E-state index is -0.408. The Kier molecular flexibility index (Phi) is 4.93. The molecule has 1 aliphatic rings. The molecule has 6 nitrogen and oxygen atoms in total. The highest BCUT2D eigenvalue weighted by molar-refractivity contribution is 6.04. The summed E-state index contributed by atoms with van der Waals surface area (Å²) in [4.78, 5) is 11.7. The van der Waals surface area contributed by atoms with E-state index in [1.807, 2.05) is 23.0 Å². The summed E-state index contributed by atoms with van der Waals surface area (Å²) in [7, 11) is 1.68. The first-order chi connectivity index (χ1) is 11.2. The average molecular weight is 317 g/mol. The minimum absolute atomic E-state index is 0.287. The van der Waals surface area contributed by atoms with Gasteiger partial charge >= 0.3 is 0 Å². The number of aromatic nitrogens is 2. The minimum Gasteiger partial charge on any atom is -0.382 e. The molecular formula is C17H23N3O3. The smallest absolute Gasteiger partial charge is 0.250 e. The summed E-state index contributed by atoms with van der Waals surface area (Å²) < 4.78 is 12.8. The van der Waals surface area contributed by atoms with E-state index in [2.05, 4.69) is 5.10 Å². The number of nitrogens with zero attached hydrogens (tertiary/aromatic N) is 2. The van der Waals surface area contributed by atoms with Crippen LogP contribution in [0.15, 0.2) is 24.4 Å². The molecule has 2 N–H and O–H groups in total. The van der Waals surface area contributed by atoms with Crippen LogP contribution in [0, 0.1) is 0 Å². The van der Waals surface area contributed by atoms with Crippen LogP contribution in [0.25, 0.3) is 10.9 Å². The van der Waals surface area contributed by atoms with E-state index in [-0.39, 0.29) is 6.04 Å². The maximum atomic E-state index is 11.7. The van der Waals surface area contributed by atoms with Gasteiger partial charge in [0.05, 0.1) is 42.6 Å². The van der Waals surface area contributed by atoms with Gasteiger partial charge in [0.25, 0.3) is 5.91 Å². The molecule has 6 heteroatoms. The third-order valence-electron chi connectivity index (χ3n) is 4.51. The van der Waals surface area contributed by atoms with Gasteiger partial charge in [-0.05, 0) is 31.7 Å². The lowest BCUT2D eigenvalue weighted by Gasteiger charge is -2.29. The SMILES string of the molecule is COCCOC1CCC(n2ncc3cccc(C(N)=O)c32)CC1. The van der Waals surface area contributed by atoms with E-state index in [0.29, 0.717) is 24.9 Å². The van der Waals surface area contributed by atoms with E-state index in [1.54, 1.807) is 13.2 Å². The molecule has 0 unspecified atom stereocenters. The number of methoxy groups -OCH3 is 1. The number of carbonyl (C=O) groups excluding carboxylic acids is 1. The molecule has 1 aromatic heterocycles. The van der Waals surface area contributed by atoms with Gasteiger partial charge in [0.2, 0.25) is 0 Å². The second kappa shape index (κ2) is 7.10. The summed E-state index contributed by atoms with van der Waals surface area (Å²) in [6.07, 6.45) is 6.06. The van der Waals surface area contributed by atoms with E-state index in [0.717, 1.165) is 36.6 Å². The van der Waals surface area contributed by atoms with Crippen molar-refractivity contribution in [1.82, 2.24) is 9.78 Å². The largest absolute Gasteiger partial charge is 0.382 e. The molecule has 23 heavy (non-hydrogen) atoms. The molecule has 1 fully saturated rings.